The number of nitrogens with one attached hydrogen (secondary N) is 1. The molecular formula is C8H7NO2. The lowest BCUT2D eigenvalue weighted by atomic mass is 10.2. The van der Waals surface area contributed by atoms with Crippen LogP contribution in [0.2, 0.25) is 0 Å². The summed E-state index contributed by atoms with van der Waals surface area (Å²) in [4.78, 5) is 2.63. The number of rotatable bonds is 0. The van der Waals surface area contributed by atoms with Gasteiger partial charge in [-0.1, -0.05) is 12.1 Å². The molecular weight excluding hydrogens is 142 g/mol. The average molecular weight is 149 g/mol. The van der Waals surface area contributed by atoms with Gasteiger partial charge in [0.05, 0.1) is 5.52 Å². The SMILES string of the molecule is Oc1cc2cccc(O)c2[nH]1. The predicted molar refractivity (Wildman–Crippen MR) is 41.6 cm³/mol. The first-order valence-electron chi connectivity index (χ1n) is 3.27. The second-order valence-electron chi connectivity index (χ2n) is 2.40. The van der Waals surface area contributed by atoms with Crippen LogP contribution in [0, 0.1) is 0 Å². The number of benzene rings is 1. The number of phenols is 1. The molecule has 0 saturated heterocycles. The van der Waals surface area contributed by atoms with Crippen LogP contribution in [0.25, 0.3) is 10.9 Å². The highest BCUT2D eigenvalue weighted by Crippen LogP contribution is 2.26. The molecule has 0 bridgehead atoms. The summed E-state index contributed by atoms with van der Waals surface area (Å²) in [7, 11) is 0. The molecule has 0 amide bonds. The van der Waals surface area contributed by atoms with Gasteiger partial charge >= 0.3 is 0 Å². The van der Waals surface area contributed by atoms with Crippen LogP contribution in [-0.2, 0) is 0 Å². The molecule has 3 N–H and O–H groups in total. The molecule has 0 fully saturated rings. The van der Waals surface area contributed by atoms with Gasteiger partial charge in [-0.05, 0) is 6.07 Å². The van der Waals surface area contributed by atoms with Crippen LogP contribution in [0.15, 0.2) is 24.3 Å². The minimum absolute atomic E-state index is 0.0708. The molecule has 0 aliphatic heterocycles. The van der Waals surface area contributed by atoms with Crippen molar-refractivity contribution in [3.8, 4) is 11.6 Å². The summed E-state index contributed by atoms with van der Waals surface area (Å²) in [5, 5.41) is 19.1. The molecule has 1 aromatic heterocycles. The minimum atomic E-state index is 0.0708. The van der Waals surface area contributed by atoms with Crippen molar-refractivity contribution in [3.63, 3.8) is 0 Å². The maximum Gasteiger partial charge on any atom is 0.189 e. The van der Waals surface area contributed by atoms with Crippen molar-refractivity contribution < 1.29 is 10.2 Å². The fourth-order valence-corrected chi connectivity index (χ4v) is 1.13. The Morgan fingerprint density at radius 1 is 1.18 bits per heavy atom. The van der Waals surface area contributed by atoms with Crippen LogP contribution in [0.4, 0.5) is 0 Å². The highest BCUT2D eigenvalue weighted by atomic mass is 16.3. The van der Waals surface area contributed by atoms with Crippen LogP contribution >= 0.6 is 0 Å². The number of para-hydroxylation sites is 1. The lowest BCUT2D eigenvalue weighted by Gasteiger charge is -1.91. The molecule has 3 heteroatoms. The zero-order chi connectivity index (χ0) is 7.84. The van der Waals surface area contributed by atoms with Gasteiger partial charge in [0.1, 0.15) is 5.75 Å². The molecule has 3 nitrogen and oxygen atoms in total. The van der Waals surface area contributed by atoms with Gasteiger partial charge in [0.2, 0.25) is 0 Å². The third-order valence-electron chi connectivity index (χ3n) is 1.62. The van der Waals surface area contributed by atoms with E-state index >= 15 is 0 Å². The summed E-state index contributed by atoms with van der Waals surface area (Å²) >= 11 is 0. The molecule has 0 spiro atoms. The van der Waals surface area contributed by atoms with Crippen molar-refractivity contribution >= 4 is 10.9 Å². The molecule has 1 heterocycles. The summed E-state index contributed by atoms with van der Waals surface area (Å²) in [5.74, 6) is 0.226. The van der Waals surface area contributed by atoms with Gasteiger partial charge in [0.25, 0.3) is 0 Å². The first kappa shape index (κ1) is 6.09. The van der Waals surface area contributed by atoms with Gasteiger partial charge in [-0.15, -0.1) is 0 Å². The van der Waals surface area contributed by atoms with E-state index in [1.807, 2.05) is 6.07 Å². The lowest BCUT2D eigenvalue weighted by Crippen LogP contribution is -1.67. The predicted octanol–water partition coefficient (Wildman–Crippen LogP) is 1.58. The molecule has 2 rings (SSSR count). The first-order chi connectivity index (χ1) is 5.27. The van der Waals surface area contributed by atoms with E-state index < -0.39 is 0 Å². The Bertz CT molecular complexity index is 392. The van der Waals surface area contributed by atoms with E-state index in [-0.39, 0.29) is 11.6 Å². The van der Waals surface area contributed by atoms with Crippen LogP contribution in [0.5, 0.6) is 11.6 Å². The topological polar surface area (TPSA) is 56.2 Å². The highest BCUT2D eigenvalue weighted by molar-refractivity contribution is 5.86. The number of H-pyrrole nitrogens is 1. The van der Waals surface area contributed by atoms with E-state index in [9.17, 15) is 5.11 Å². The summed E-state index contributed by atoms with van der Waals surface area (Å²) in [6, 6.07) is 6.67. The molecule has 0 unspecified atom stereocenters. The van der Waals surface area contributed by atoms with Gasteiger partial charge in [-0.3, -0.25) is 0 Å². The summed E-state index contributed by atoms with van der Waals surface area (Å²) in [6.07, 6.45) is 0. The third kappa shape index (κ3) is 0.816. The van der Waals surface area contributed by atoms with E-state index in [0.717, 1.165) is 5.39 Å². The Kier molecular flexibility index (Phi) is 1.06. The standard InChI is InChI=1S/C8H7NO2/c10-6-3-1-2-5-4-7(11)9-8(5)6/h1-4,9-11H. The van der Waals surface area contributed by atoms with Crippen molar-refractivity contribution in [1.29, 1.82) is 0 Å². The molecule has 56 valence electrons. The van der Waals surface area contributed by atoms with Gasteiger partial charge in [0, 0.05) is 11.5 Å². The second kappa shape index (κ2) is 1.92. The maximum atomic E-state index is 9.24. The smallest absolute Gasteiger partial charge is 0.189 e. The van der Waals surface area contributed by atoms with Crippen molar-refractivity contribution in [2.75, 3.05) is 0 Å². The van der Waals surface area contributed by atoms with Crippen molar-refractivity contribution in [3.05, 3.63) is 24.3 Å². The van der Waals surface area contributed by atoms with Crippen LogP contribution in [0.1, 0.15) is 0 Å². The van der Waals surface area contributed by atoms with E-state index in [1.54, 1.807) is 18.2 Å². The van der Waals surface area contributed by atoms with Crippen molar-refractivity contribution in [2.24, 2.45) is 0 Å². The summed E-state index contributed by atoms with van der Waals surface area (Å²) in [6.45, 7) is 0. The van der Waals surface area contributed by atoms with E-state index in [0.29, 0.717) is 5.52 Å². The van der Waals surface area contributed by atoms with Gasteiger partial charge in [-0.25, -0.2) is 0 Å². The van der Waals surface area contributed by atoms with Crippen LogP contribution in [0.3, 0.4) is 0 Å². The lowest BCUT2D eigenvalue weighted by molar-refractivity contribution is 0.455. The van der Waals surface area contributed by atoms with Gasteiger partial charge in [-0.2, -0.15) is 0 Å². The van der Waals surface area contributed by atoms with E-state index in [1.165, 1.54) is 0 Å². The Hall–Kier alpha value is -1.64. The first-order valence-corrected chi connectivity index (χ1v) is 3.27. The van der Waals surface area contributed by atoms with Crippen LogP contribution < -0.4 is 0 Å². The monoisotopic (exact) mass is 149 g/mol. The van der Waals surface area contributed by atoms with Gasteiger partial charge in [0.15, 0.2) is 5.88 Å². The number of hydrogen-bond acceptors (Lipinski definition) is 2. The average Bonchev–Trinajstić information content (AvgIpc) is 2.31. The number of aromatic amines is 1. The number of aromatic nitrogens is 1. The molecule has 0 atom stereocenters. The summed E-state index contributed by atoms with van der Waals surface area (Å²) in [5.41, 5.74) is 0.574. The van der Waals surface area contributed by atoms with Crippen LogP contribution in [-0.4, -0.2) is 15.2 Å². The molecule has 2 aromatic rings. The molecule has 11 heavy (non-hydrogen) atoms. The molecule has 0 aliphatic carbocycles. The number of fused-ring (bicyclic) bond motifs is 1. The molecule has 0 aliphatic rings. The molecule has 0 saturated carbocycles. The summed E-state index contributed by atoms with van der Waals surface area (Å²) < 4.78 is 0. The van der Waals surface area contributed by atoms with Gasteiger partial charge < -0.3 is 15.2 Å². The number of phenolic OH excluding ortho intramolecular Hbond substituents is 1. The minimum Gasteiger partial charge on any atom is -0.506 e. The zero-order valence-electron chi connectivity index (χ0n) is 5.70. The second-order valence-corrected chi connectivity index (χ2v) is 2.40. The molecule has 0 radical (unpaired) electrons. The largest absolute Gasteiger partial charge is 0.506 e. The fraction of sp³-hybridized carbons (Fsp3) is 0. The Balaban J connectivity index is 2.90. The number of aromatic hydroxyl groups is 2. The fourth-order valence-electron chi connectivity index (χ4n) is 1.13. The highest BCUT2D eigenvalue weighted by Gasteiger charge is 2.01. The van der Waals surface area contributed by atoms with Crippen molar-refractivity contribution in [2.45, 2.75) is 0 Å². The maximum absolute atomic E-state index is 9.24. The zero-order valence-corrected chi connectivity index (χ0v) is 5.70. The normalized spacial score (nSPS) is 10.5. The molecule has 1 aromatic carbocycles. The Morgan fingerprint density at radius 2 is 2.00 bits per heavy atom. The Morgan fingerprint density at radius 3 is 2.73 bits per heavy atom. The third-order valence-corrected chi connectivity index (χ3v) is 1.62. The quantitative estimate of drug-likeness (QED) is 0.532. The van der Waals surface area contributed by atoms with E-state index in [2.05, 4.69) is 4.98 Å². The number of hydrogen-bond donors (Lipinski definition) is 3. The van der Waals surface area contributed by atoms with E-state index in [4.69, 9.17) is 5.11 Å². The Labute approximate surface area is 62.9 Å². The van der Waals surface area contributed by atoms with Crippen molar-refractivity contribution in [1.82, 2.24) is 4.98 Å².